The third kappa shape index (κ3) is 3.94. The maximum absolute atomic E-state index is 12.4. The van der Waals surface area contributed by atoms with Crippen LogP contribution in [-0.2, 0) is 14.4 Å². The summed E-state index contributed by atoms with van der Waals surface area (Å²) in [5, 5.41) is 11.6. The van der Waals surface area contributed by atoms with Gasteiger partial charge in [0.15, 0.2) is 0 Å². The fourth-order valence-electron chi connectivity index (χ4n) is 2.58. The van der Waals surface area contributed by atoms with Gasteiger partial charge >= 0.3 is 5.97 Å². The fourth-order valence-corrected chi connectivity index (χ4v) is 2.58. The zero-order chi connectivity index (χ0) is 14.4. The van der Waals surface area contributed by atoms with Crippen molar-refractivity contribution < 1.29 is 19.5 Å². The molecule has 0 aromatic carbocycles. The van der Waals surface area contributed by atoms with E-state index < -0.39 is 17.8 Å². The number of nitrogens with one attached hydrogen (secondary N) is 1. The summed E-state index contributed by atoms with van der Waals surface area (Å²) < 4.78 is 0. The zero-order valence-electron chi connectivity index (χ0n) is 11.5. The highest BCUT2D eigenvalue weighted by atomic mass is 16.4. The number of rotatable bonds is 6. The van der Waals surface area contributed by atoms with Crippen LogP contribution >= 0.6 is 0 Å². The number of hydrogen-bond donors (Lipinski definition) is 2. The molecule has 1 aliphatic carbocycles. The van der Waals surface area contributed by atoms with Crippen molar-refractivity contribution in [2.24, 2.45) is 11.8 Å². The second-order valence-electron chi connectivity index (χ2n) is 4.92. The van der Waals surface area contributed by atoms with Crippen LogP contribution in [-0.4, -0.2) is 47.9 Å². The van der Waals surface area contributed by atoms with Gasteiger partial charge < -0.3 is 15.3 Å². The fraction of sp³-hybridized carbons (Fsp3) is 0.769. The average molecular weight is 270 g/mol. The predicted octanol–water partition coefficient (Wildman–Crippen LogP) is 0.472. The molecule has 2 N–H and O–H groups in total. The maximum Gasteiger partial charge on any atom is 0.307 e. The largest absolute Gasteiger partial charge is 0.481 e. The molecule has 0 aliphatic heterocycles. The Bertz CT molecular complexity index is 357. The first-order valence-electron chi connectivity index (χ1n) is 6.73. The second-order valence-corrected chi connectivity index (χ2v) is 4.92. The summed E-state index contributed by atoms with van der Waals surface area (Å²) in [5.74, 6) is -2.42. The molecule has 2 atom stereocenters. The lowest BCUT2D eigenvalue weighted by Gasteiger charge is -2.26. The third-order valence-electron chi connectivity index (χ3n) is 3.57. The molecule has 0 radical (unpaired) electrons. The van der Waals surface area contributed by atoms with Crippen LogP contribution in [0.3, 0.4) is 0 Å². The average Bonchev–Trinajstić information content (AvgIpc) is 2.86. The van der Waals surface area contributed by atoms with Crippen LogP contribution in [0.1, 0.15) is 32.6 Å². The first-order valence-corrected chi connectivity index (χ1v) is 6.73. The summed E-state index contributed by atoms with van der Waals surface area (Å²) in [4.78, 5) is 36.4. The van der Waals surface area contributed by atoms with Crippen molar-refractivity contribution in [3.63, 3.8) is 0 Å². The van der Waals surface area contributed by atoms with E-state index in [1.807, 2.05) is 6.92 Å². The molecule has 1 saturated carbocycles. The minimum Gasteiger partial charge on any atom is -0.481 e. The Hall–Kier alpha value is -1.59. The number of carbonyl (C=O) groups is 3. The van der Waals surface area contributed by atoms with Crippen LogP contribution in [0.4, 0.5) is 0 Å². The van der Waals surface area contributed by atoms with E-state index in [4.69, 9.17) is 5.11 Å². The van der Waals surface area contributed by atoms with Gasteiger partial charge in [0.25, 0.3) is 0 Å². The molecule has 0 saturated heterocycles. The van der Waals surface area contributed by atoms with Crippen molar-refractivity contribution in [2.45, 2.75) is 32.6 Å². The van der Waals surface area contributed by atoms with E-state index >= 15 is 0 Å². The minimum atomic E-state index is -0.910. The molecule has 19 heavy (non-hydrogen) atoms. The van der Waals surface area contributed by atoms with Gasteiger partial charge in [-0.15, -0.1) is 0 Å². The molecular weight excluding hydrogens is 248 g/mol. The van der Waals surface area contributed by atoms with Gasteiger partial charge in [-0.1, -0.05) is 13.3 Å². The van der Waals surface area contributed by atoms with Crippen molar-refractivity contribution in [3.8, 4) is 0 Å². The number of carbonyl (C=O) groups excluding carboxylic acids is 2. The Morgan fingerprint density at radius 2 is 1.89 bits per heavy atom. The van der Waals surface area contributed by atoms with Gasteiger partial charge in [0, 0.05) is 13.6 Å². The second kappa shape index (κ2) is 7.11. The summed E-state index contributed by atoms with van der Waals surface area (Å²) in [6.07, 6.45) is 2.65. The molecule has 1 fully saturated rings. The van der Waals surface area contributed by atoms with Crippen molar-refractivity contribution >= 4 is 17.8 Å². The molecule has 0 unspecified atom stereocenters. The number of carboxylic acids is 1. The summed E-state index contributed by atoms with van der Waals surface area (Å²) in [7, 11) is 1.52. The number of aliphatic carboxylic acids is 1. The Labute approximate surface area is 113 Å². The molecule has 0 spiro atoms. The molecule has 2 amide bonds. The van der Waals surface area contributed by atoms with E-state index in [0.717, 1.165) is 12.8 Å². The number of carboxylic acid groups (broad SMARTS) is 1. The van der Waals surface area contributed by atoms with E-state index in [2.05, 4.69) is 5.32 Å². The Balaban J connectivity index is 2.75. The van der Waals surface area contributed by atoms with Crippen molar-refractivity contribution in [2.75, 3.05) is 20.1 Å². The highest BCUT2D eigenvalue weighted by Gasteiger charge is 2.39. The summed E-state index contributed by atoms with van der Waals surface area (Å²) >= 11 is 0. The SMILES string of the molecule is CCCN(CC(=O)NC)C(=O)[C@@H]1CCC[C@@H]1C(=O)O. The maximum atomic E-state index is 12.4. The Kier molecular flexibility index (Phi) is 5.79. The van der Waals surface area contributed by atoms with E-state index in [9.17, 15) is 14.4 Å². The number of amides is 2. The predicted molar refractivity (Wildman–Crippen MR) is 69.4 cm³/mol. The number of likely N-dealkylation sites (N-methyl/N-ethyl adjacent to an activating group) is 1. The molecule has 0 bridgehead atoms. The topological polar surface area (TPSA) is 86.7 Å². The smallest absolute Gasteiger partial charge is 0.307 e. The highest BCUT2D eigenvalue weighted by Crippen LogP contribution is 2.33. The molecule has 6 heteroatoms. The van der Waals surface area contributed by atoms with E-state index in [1.54, 1.807) is 0 Å². The van der Waals surface area contributed by atoms with Crippen LogP contribution in [0.15, 0.2) is 0 Å². The van der Waals surface area contributed by atoms with E-state index in [1.165, 1.54) is 11.9 Å². The first-order chi connectivity index (χ1) is 9.01. The van der Waals surface area contributed by atoms with Crippen LogP contribution < -0.4 is 5.32 Å². The van der Waals surface area contributed by atoms with Gasteiger partial charge in [0.1, 0.15) is 0 Å². The van der Waals surface area contributed by atoms with Gasteiger partial charge in [0.05, 0.1) is 18.4 Å². The van der Waals surface area contributed by atoms with Crippen molar-refractivity contribution in [3.05, 3.63) is 0 Å². The monoisotopic (exact) mass is 270 g/mol. The zero-order valence-corrected chi connectivity index (χ0v) is 11.5. The van der Waals surface area contributed by atoms with Crippen LogP contribution in [0.25, 0.3) is 0 Å². The summed E-state index contributed by atoms with van der Waals surface area (Å²) in [6.45, 7) is 2.41. The highest BCUT2D eigenvalue weighted by molar-refractivity contribution is 5.88. The molecule has 0 aromatic heterocycles. The molecule has 6 nitrogen and oxygen atoms in total. The van der Waals surface area contributed by atoms with Gasteiger partial charge in [-0.05, 0) is 19.3 Å². The number of nitrogens with zero attached hydrogens (tertiary/aromatic N) is 1. The van der Waals surface area contributed by atoms with Crippen molar-refractivity contribution in [1.82, 2.24) is 10.2 Å². The summed E-state index contributed by atoms with van der Waals surface area (Å²) in [6, 6.07) is 0. The molecule has 108 valence electrons. The lowest BCUT2D eigenvalue weighted by Crippen LogP contribution is -2.44. The van der Waals surface area contributed by atoms with E-state index in [-0.39, 0.29) is 18.4 Å². The van der Waals surface area contributed by atoms with Gasteiger partial charge in [-0.25, -0.2) is 0 Å². The van der Waals surface area contributed by atoms with Crippen molar-refractivity contribution in [1.29, 1.82) is 0 Å². The molecule has 0 heterocycles. The first kappa shape index (κ1) is 15.5. The normalized spacial score (nSPS) is 22.0. The quantitative estimate of drug-likeness (QED) is 0.734. The van der Waals surface area contributed by atoms with Gasteiger partial charge in [-0.3, -0.25) is 14.4 Å². The molecule has 1 aliphatic rings. The lowest BCUT2D eigenvalue weighted by atomic mass is 9.94. The standard InChI is InChI=1S/C13H22N2O4/c1-3-7-15(8-11(16)14-2)12(17)9-5-4-6-10(9)13(18)19/h9-10H,3-8H2,1-2H3,(H,14,16)(H,18,19)/t9-,10+/m1/s1. The van der Waals surface area contributed by atoms with E-state index in [0.29, 0.717) is 19.4 Å². The van der Waals surface area contributed by atoms with Crippen LogP contribution in [0, 0.1) is 11.8 Å². The van der Waals surface area contributed by atoms with Crippen LogP contribution in [0.5, 0.6) is 0 Å². The van der Waals surface area contributed by atoms with Crippen LogP contribution in [0.2, 0.25) is 0 Å². The third-order valence-corrected chi connectivity index (χ3v) is 3.57. The summed E-state index contributed by atoms with van der Waals surface area (Å²) in [5.41, 5.74) is 0. The minimum absolute atomic E-state index is 0.00596. The molecule has 1 rings (SSSR count). The molecular formula is C13H22N2O4. The number of hydrogen-bond acceptors (Lipinski definition) is 3. The Morgan fingerprint density at radius 1 is 1.26 bits per heavy atom. The molecule has 0 aromatic rings. The van der Waals surface area contributed by atoms with Gasteiger partial charge in [0.2, 0.25) is 11.8 Å². The van der Waals surface area contributed by atoms with Gasteiger partial charge in [-0.2, -0.15) is 0 Å². The Morgan fingerprint density at radius 3 is 2.42 bits per heavy atom. The lowest BCUT2D eigenvalue weighted by molar-refractivity contribution is -0.149.